The highest BCUT2D eigenvalue weighted by molar-refractivity contribution is 6.32. The van der Waals surface area contributed by atoms with Gasteiger partial charge in [-0.25, -0.2) is 0 Å². The zero-order valence-corrected chi connectivity index (χ0v) is 14.1. The van der Waals surface area contributed by atoms with Crippen LogP contribution in [0.5, 0.6) is 5.75 Å². The topological polar surface area (TPSA) is 100 Å². The van der Waals surface area contributed by atoms with E-state index >= 15 is 0 Å². The summed E-state index contributed by atoms with van der Waals surface area (Å²) in [7, 11) is 1.48. The lowest BCUT2D eigenvalue weighted by Crippen LogP contribution is -2.19. The number of nitrogens with one attached hydrogen (secondary N) is 2. The van der Waals surface area contributed by atoms with E-state index in [-0.39, 0.29) is 24.5 Å². The molecule has 1 rings (SSSR count). The molecule has 0 aliphatic carbocycles. The van der Waals surface area contributed by atoms with Crippen molar-refractivity contribution in [2.24, 2.45) is 0 Å². The molecule has 0 spiro atoms. The third-order valence-corrected chi connectivity index (χ3v) is 3.10. The van der Waals surface area contributed by atoms with Gasteiger partial charge in [0.1, 0.15) is 17.4 Å². The van der Waals surface area contributed by atoms with Crippen molar-refractivity contribution in [1.82, 2.24) is 5.32 Å². The van der Waals surface area contributed by atoms with Crippen LogP contribution in [0.4, 0.5) is 5.69 Å². The van der Waals surface area contributed by atoms with E-state index in [1.54, 1.807) is 25.1 Å². The number of carbonyl (C=O) groups is 2. The van der Waals surface area contributed by atoms with Gasteiger partial charge in [-0.05, 0) is 25.1 Å². The Morgan fingerprint density at radius 1 is 1.42 bits per heavy atom. The Morgan fingerprint density at radius 3 is 2.75 bits per heavy atom. The van der Waals surface area contributed by atoms with E-state index in [9.17, 15) is 9.59 Å². The minimum absolute atomic E-state index is 0.134. The van der Waals surface area contributed by atoms with Crippen molar-refractivity contribution in [2.45, 2.75) is 13.3 Å². The lowest BCUT2D eigenvalue weighted by Gasteiger charge is -2.08. The number of carbonyl (C=O) groups excluding carboxylic acids is 2. The van der Waals surface area contributed by atoms with E-state index in [2.05, 4.69) is 10.6 Å². The maximum absolute atomic E-state index is 12.0. The fourth-order valence-corrected chi connectivity index (χ4v) is 1.93. The number of anilines is 1. The van der Waals surface area contributed by atoms with Crippen molar-refractivity contribution in [3.63, 3.8) is 0 Å². The molecule has 0 heterocycles. The second kappa shape index (κ2) is 10.1. The molecule has 0 radical (unpaired) electrons. The van der Waals surface area contributed by atoms with Crippen molar-refractivity contribution in [1.29, 1.82) is 5.26 Å². The Balaban J connectivity index is 2.60. The molecule has 0 aromatic heterocycles. The fourth-order valence-electron chi connectivity index (χ4n) is 1.67. The second-order valence-electron chi connectivity index (χ2n) is 4.48. The number of nitriles is 1. The highest BCUT2D eigenvalue weighted by Crippen LogP contribution is 2.27. The number of hydrogen-bond acceptors (Lipinski definition) is 6. The maximum atomic E-state index is 12.0. The number of methoxy groups -OCH3 is 1. The van der Waals surface area contributed by atoms with Crippen molar-refractivity contribution in [3.8, 4) is 11.8 Å². The monoisotopic (exact) mass is 351 g/mol. The summed E-state index contributed by atoms with van der Waals surface area (Å²) in [6.45, 7) is 2.28. The SMILES string of the molecule is CCOC(=O)CCN/C=C(/C#N)C(=O)Nc1ccc(OC)c(Cl)c1. The largest absolute Gasteiger partial charge is 0.495 e. The zero-order chi connectivity index (χ0) is 17.9. The molecule has 0 saturated carbocycles. The molecule has 0 bridgehead atoms. The summed E-state index contributed by atoms with van der Waals surface area (Å²) in [5.74, 6) is -0.469. The number of halogens is 1. The van der Waals surface area contributed by atoms with Crippen LogP contribution in [0.15, 0.2) is 30.0 Å². The molecule has 1 aromatic rings. The Labute approximate surface area is 145 Å². The van der Waals surface area contributed by atoms with E-state index in [4.69, 9.17) is 26.3 Å². The number of ether oxygens (including phenoxy) is 2. The maximum Gasteiger partial charge on any atom is 0.307 e. The van der Waals surface area contributed by atoms with Gasteiger partial charge in [0.2, 0.25) is 0 Å². The highest BCUT2D eigenvalue weighted by atomic mass is 35.5. The molecule has 8 heteroatoms. The third kappa shape index (κ3) is 6.18. The standard InChI is InChI=1S/C16H18ClN3O4/c1-3-24-15(21)6-7-19-10-11(9-18)16(22)20-12-4-5-14(23-2)13(17)8-12/h4-5,8,10,19H,3,6-7H2,1-2H3,(H,20,22)/b11-10-. The van der Waals surface area contributed by atoms with Crippen LogP contribution >= 0.6 is 11.6 Å². The van der Waals surface area contributed by atoms with Crippen LogP contribution in [0.1, 0.15) is 13.3 Å². The molecule has 0 saturated heterocycles. The number of benzene rings is 1. The lowest BCUT2D eigenvalue weighted by molar-refractivity contribution is -0.142. The van der Waals surface area contributed by atoms with Gasteiger partial charge in [-0.1, -0.05) is 11.6 Å². The van der Waals surface area contributed by atoms with E-state index < -0.39 is 5.91 Å². The Morgan fingerprint density at radius 2 is 2.17 bits per heavy atom. The van der Waals surface area contributed by atoms with Gasteiger partial charge in [0, 0.05) is 18.4 Å². The van der Waals surface area contributed by atoms with Gasteiger partial charge in [0.15, 0.2) is 0 Å². The minimum atomic E-state index is -0.595. The van der Waals surface area contributed by atoms with E-state index in [1.165, 1.54) is 19.4 Å². The molecule has 0 fully saturated rings. The van der Waals surface area contributed by atoms with E-state index in [0.29, 0.717) is 23.1 Å². The molecule has 0 aliphatic heterocycles. The van der Waals surface area contributed by atoms with E-state index in [1.807, 2.05) is 0 Å². The molecular weight excluding hydrogens is 334 g/mol. The highest BCUT2D eigenvalue weighted by Gasteiger charge is 2.11. The van der Waals surface area contributed by atoms with Gasteiger partial charge in [-0.15, -0.1) is 0 Å². The van der Waals surface area contributed by atoms with Crippen LogP contribution in [0.3, 0.4) is 0 Å². The summed E-state index contributed by atoms with van der Waals surface area (Å²) < 4.78 is 9.78. The first kappa shape index (κ1) is 19.3. The predicted molar refractivity (Wildman–Crippen MR) is 89.6 cm³/mol. The van der Waals surface area contributed by atoms with Gasteiger partial charge in [-0.2, -0.15) is 5.26 Å². The average Bonchev–Trinajstić information content (AvgIpc) is 2.55. The quantitative estimate of drug-likeness (QED) is 0.322. The van der Waals surface area contributed by atoms with Crippen LogP contribution in [0.2, 0.25) is 5.02 Å². The Bertz CT molecular complexity index is 668. The number of amides is 1. The number of nitrogens with zero attached hydrogens (tertiary/aromatic N) is 1. The molecule has 128 valence electrons. The molecule has 1 amide bonds. The van der Waals surface area contributed by atoms with E-state index in [0.717, 1.165) is 0 Å². The third-order valence-electron chi connectivity index (χ3n) is 2.80. The first-order valence-corrected chi connectivity index (χ1v) is 7.53. The fraction of sp³-hybridized carbons (Fsp3) is 0.312. The van der Waals surface area contributed by atoms with Gasteiger partial charge in [-0.3, -0.25) is 9.59 Å². The zero-order valence-electron chi connectivity index (χ0n) is 13.4. The summed E-state index contributed by atoms with van der Waals surface area (Å²) in [5.41, 5.74) is 0.296. The molecule has 7 nitrogen and oxygen atoms in total. The number of rotatable bonds is 8. The molecule has 24 heavy (non-hydrogen) atoms. The Kier molecular flexibility index (Phi) is 8.16. The van der Waals surface area contributed by atoms with Crippen LogP contribution in [0.25, 0.3) is 0 Å². The second-order valence-corrected chi connectivity index (χ2v) is 4.89. The van der Waals surface area contributed by atoms with Gasteiger partial charge in [0.05, 0.1) is 25.2 Å². The molecular formula is C16H18ClN3O4. The first-order chi connectivity index (χ1) is 11.5. The summed E-state index contributed by atoms with van der Waals surface area (Å²) in [5, 5.41) is 14.7. The molecule has 0 unspecified atom stereocenters. The summed E-state index contributed by atoms with van der Waals surface area (Å²) in [4.78, 5) is 23.2. The van der Waals surface area contributed by atoms with Gasteiger partial charge < -0.3 is 20.1 Å². The first-order valence-electron chi connectivity index (χ1n) is 7.16. The van der Waals surface area contributed by atoms with Crippen LogP contribution in [0, 0.1) is 11.3 Å². The summed E-state index contributed by atoms with van der Waals surface area (Å²) >= 11 is 5.97. The minimum Gasteiger partial charge on any atom is -0.495 e. The van der Waals surface area contributed by atoms with Crippen molar-refractivity contribution in [3.05, 3.63) is 35.0 Å². The molecule has 0 aliphatic rings. The lowest BCUT2D eigenvalue weighted by atomic mass is 10.2. The smallest absolute Gasteiger partial charge is 0.307 e. The average molecular weight is 352 g/mol. The summed E-state index contributed by atoms with van der Waals surface area (Å²) in [6.07, 6.45) is 1.39. The number of esters is 1. The van der Waals surface area contributed by atoms with Crippen LogP contribution < -0.4 is 15.4 Å². The van der Waals surface area contributed by atoms with Crippen LogP contribution in [-0.4, -0.2) is 32.1 Å². The van der Waals surface area contributed by atoms with Gasteiger partial charge >= 0.3 is 5.97 Å². The van der Waals surface area contributed by atoms with Crippen molar-refractivity contribution in [2.75, 3.05) is 25.6 Å². The molecule has 1 aromatic carbocycles. The van der Waals surface area contributed by atoms with Crippen molar-refractivity contribution < 1.29 is 19.1 Å². The molecule has 2 N–H and O–H groups in total. The van der Waals surface area contributed by atoms with Crippen molar-refractivity contribution >= 4 is 29.2 Å². The molecule has 0 atom stereocenters. The van der Waals surface area contributed by atoms with Gasteiger partial charge in [0.25, 0.3) is 5.91 Å². The Hall–Kier alpha value is -2.72. The van der Waals surface area contributed by atoms with Crippen LogP contribution in [-0.2, 0) is 14.3 Å². The predicted octanol–water partition coefficient (Wildman–Crippen LogP) is 2.24. The summed E-state index contributed by atoms with van der Waals surface area (Å²) in [6, 6.07) is 6.51. The normalized spacial score (nSPS) is 10.5. The number of hydrogen-bond donors (Lipinski definition) is 2.